The molecule has 0 bridgehead atoms. The van der Waals surface area contributed by atoms with Crippen molar-refractivity contribution in [3.05, 3.63) is 24.4 Å². The molecule has 154 valence electrons. The van der Waals surface area contributed by atoms with Crippen molar-refractivity contribution in [1.82, 2.24) is 19.1 Å². The predicted molar refractivity (Wildman–Crippen MR) is 105 cm³/mol. The standard InChI is InChI=1S/C18H27N5O4S/c1-28(26,27)23-14-12-22(13-15-23)18(25)6-5-17(24)21-10-8-20(9-11-21)16-4-2-3-7-19-16/h2-4,7H,5-6,8-15H2,1H3. The third kappa shape index (κ3) is 5.20. The van der Waals surface area contributed by atoms with Crippen molar-refractivity contribution in [2.75, 3.05) is 63.5 Å². The number of anilines is 1. The van der Waals surface area contributed by atoms with Crippen molar-refractivity contribution in [3.63, 3.8) is 0 Å². The lowest BCUT2D eigenvalue weighted by atomic mass is 10.2. The van der Waals surface area contributed by atoms with Crippen LogP contribution in [-0.4, -0.2) is 97.9 Å². The number of sulfonamides is 1. The topological polar surface area (TPSA) is 94.1 Å². The van der Waals surface area contributed by atoms with Crippen molar-refractivity contribution in [3.8, 4) is 0 Å². The molecular formula is C18H27N5O4S. The molecule has 0 N–H and O–H groups in total. The summed E-state index contributed by atoms with van der Waals surface area (Å²) in [5.74, 6) is 0.815. The summed E-state index contributed by atoms with van der Waals surface area (Å²) in [6.07, 6.45) is 3.29. The molecule has 2 aliphatic heterocycles. The number of aromatic nitrogens is 1. The van der Waals surface area contributed by atoms with E-state index in [0.717, 1.165) is 18.9 Å². The lowest BCUT2D eigenvalue weighted by Crippen LogP contribution is -2.51. The van der Waals surface area contributed by atoms with Crippen LogP contribution in [0.3, 0.4) is 0 Å². The molecule has 1 aromatic heterocycles. The molecule has 3 rings (SSSR count). The number of rotatable bonds is 5. The van der Waals surface area contributed by atoms with E-state index in [0.29, 0.717) is 39.3 Å². The van der Waals surface area contributed by atoms with Crippen LogP contribution >= 0.6 is 0 Å². The van der Waals surface area contributed by atoms with Crippen LogP contribution in [0.25, 0.3) is 0 Å². The number of pyridine rings is 1. The number of amides is 2. The number of nitrogens with zero attached hydrogens (tertiary/aromatic N) is 5. The van der Waals surface area contributed by atoms with Gasteiger partial charge in [0.25, 0.3) is 0 Å². The van der Waals surface area contributed by atoms with Gasteiger partial charge in [-0.25, -0.2) is 13.4 Å². The molecule has 2 saturated heterocycles. The first-order valence-electron chi connectivity index (χ1n) is 9.51. The molecule has 0 unspecified atom stereocenters. The molecule has 1 aromatic rings. The van der Waals surface area contributed by atoms with Crippen LogP contribution in [0.1, 0.15) is 12.8 Å². The van der Waals surface area contributed by atoms with Crippen molar-refractivity contribution < 1.29 is 18.0 Å². The second kappa shape index (κ2) is 8.87. The number of carbonyl (C=O) groups is 2. The van der Waals surface area contributed by atoms with E-state index in [4.69, 9.17) is 0 Å². The summed E-state index contributed by atoms with van der Waals surface area (Å²) in [5, 5.41) is 0. The Hall–Kier alpha value is -2.20. The third-order valence-electron chi connectivity index (χ3n) is 5.22. The highest BCUT2D eigenvalue weighted by Gasteiger charge is 2.27. The average Bonchev–Trinajstić information content (AvgIpc) is 2.72. The fraction of sp³-hybridized carbons (Fsp3) is 0.611. The molecule has 2 aliphatic rings. The zero-order valence-electron chi connectivity index (χ0n) is 16.2. The van der Waals surface area contributed by atoms with Gasteiger partial charge in [-0.1, -0.05) is 6.07 Å². The molecule has 0 radical (unpaired) electrons. The van der Waals surface area contributed by atoms with Gasteiger partial charge >= 0.3 is 0 Å². The van der Waals surface area contributed by atoms with Crippen LogP contribution in [0.15, 0.2) is 24.4 Å². The Labute approximate surface area is 166 Å². The molecule has 0 saturated carbocycles. The fourth-order valence-corrected chi connectivity index (χ4v) is 4.35. The van der Waals surface area contributed by atoms with Gasteiger partial charge in [-0.15, -0.1) is 0 Å². The van der Waals surface area contributed by atoms with E-state index in [-0.39, 0.29) is 24.7 Å². The summed E-state index contributed by atoms with van der Waals surface area (Å²) in [7, 11) is -3.21. The first kappa shape index (κ1) is 20.5. The molecule has 2 fully saturated rings. The largest absolute Gasteiger partial charge is 0.353 e. The van der Waals surface area contributed by atoms with E-state index < -0.39 is 10.0 Å². The van der Waals surface area contributed by atoms with Crippen LogP contribution in [0, 0.1) is 0 Å². The molecular weight excluding hydrogens is 382 g/mol. The van der Waals surface area contributed by atoms with Gasteiger partial charge in [-0.2, -0.15) is 4.31 Å². The van der Waals surface area contributed by atoms with Crippen molar-refractivity contribution in [2.45, 2.75) is 12.8 Å². The van der Waals surface area contributed by atoms with Gasteiger partial charge in [0.2, 0.25) is 21.8 Å². The molecule has 0 atom stereocenters. The quantitative estimate of drug-likeness (QED) is 0.658. The predicted octanol–water partition coefficient (Wildman–Crippen LogP) is -0.386. The van der Waals surface area contributed by atoms with E-state index in [9.17, 15) is 18.0 Å². The van der Waals surface area contributed by atoms with Crippen LogP contribution in [0.2, 0.25) is 0 Å². The molecule has 0 aliphatic carbocycles. The monoisotopic (exact) mass is 409 g/mol. The number of hydrogen-bond acceptors (Lipinski definition) is 6. The van der Waals surface area contributed by atoms with Gasteiger partial charge in [0.15, 0.2) is 0 Å². The number of hydrogen-bond donors (Lipinski definition) is 0. The molecule has 28 heavy (non-hydrogen) atoms. The number of carbonyl (C=O) groups excluding carboxylic acids is 2. The van der Waals surface area contributed by atoms with E-state index in [1.54, 1.807) is 16.0 Å². The third-order valence-corrected chi connectivity index (χ3v) is 6.52. The first-order valence-corrected chi connectivity index (χ1v) is 11.4. The summed E-state index contributed by atoms with van der Waals surface area (Å²) < 4.78 is 24.4. The molecule has 2 amide bonds. The highest BCUT2D eigenvalue weighted by Crippen LogP contribution is 2.14. The van der Waals surface area contributed by atoms with Crippen molar-refractivity contribution in [2.24, 2.45) is 0 Å². The first-order chi connectivity index (χ1) is 13.3. The van der Waals surface area contributed by atoms with E-state index in [1.807, 2.05) is 18.2 Å². The maximum absolute atomic E-state index is 12.4. The van der Waals surface area contributed by atoms with Crippen molar-refractivity contribution in [1.29, 1.82) is 0 Å². The Morgan fingerprint density at radius 2 is 1.43 bits per heavy atom. The highest BCUT2D eigenvalue weighted by molar-refractivity contribution is 7.88. The SMILES string of the molecule is CS(=O)(=O)N1CCN(C(=O)CCC(=O)N2CCN(c3ccccn3)CC2)CC1. The molecule has 9 nitrogen and oxygen atoms in total. The summed E-state index contributed by atoms with van der Waals surface area (Å²) in [4.78, 5) is 34.7. The van der Waals surface area contributed by atoms with Gasteiger partial charge in [-0.05, 0) is 12.1 Å². The number of piperazine rings is 2. The summed E-state index contributed by atoms with van der Waals surface area (Å²) >= 11 is 0. The summed E-state index contributed by atoms with van der Waals surface area (Å²) in [6, 6.07) is 5.78. The van der Waals surface area contributed by atoms with E-state index in [2.05, 4.69) is 9.88 Å². The van der Waals surface area contributed by atoms with Gasteiger partial charge in [-0.3, -0.25) is 9.59 Å². The minimum absolute atomic E-state index is 0.0104. The van der Waals surface area contributed by atoms with Crippen LogP contribution < -0.4 is 4.90 Å². The van der Waals surface area contributed by atoms with Crippen LogP contribution in [0.4, 0.5) is 5.82 Å². The minimum atomic E-state index is -3.21. The van der Waals surface area contributed by atoms with Crippen LogP contribution in [-0.2, 0) is 19.6 Å². The Morgan fingerprint density at radius 3 is 1.89 bits per heavy atom. The lowest BCUT2D eigenvalue weighted by Gasteiger charge is -2.36. The second-order valence-electron chi connectivity index (χ2n) is 7.10. The fourth-order valence-electron chi connectivity index (χ4n) is 3.52. The average molecular weight is 410 g/mol. The Bertz CT molecular complexity index is 785. The lowest BCUT2D eigenvalue weighted by molar-refractivity contribution is -0.137. The van der Waals surface area contributed by atoms with Gasteiger partial charge < -0.3 is 14.7 Å². The Morgan fingerprint density at radius 1 is 0.893 bits per heavy atom. The molecule has 3 heterocycles. The van der Waals surface area contributed by atoms with Crippen LogP contribution in [0.5, 0.6) is 0 Å². The maximum Gasteiger partial charge on any atom is 0.223 e. The normalized spacial score (nSPS) is 19.0. The summed E-state index contributed by atoms with van der Waals surface area (Å²) in [6.45, 7) is 4.08. The van der Waals surface area contributed by atoms with Gasteiger partial charge in [0.1, 0.15) is 5.82 Å². The highest BCUT2D eigenvalue weighted by atomic mass is 32.2. The van der Waals surface area contributed by atoms with Gasteiger partial charge in [0, 0.05) is 71.4 Å². The van der Waals surface area contributed by atoms with E-state index in [1.165, 1.54) is 10.6 Å². The van der Waals surface area contributed by atoms with Crippen molar-refractivity contribution >= 4 is 27.7 Å². The smallest absolute Gasteiger partial charge is 0.223 e. The Balaban J connectivity index is 1.39. The molecule has 0 aromatic carbocycles. The van der Waals surface area contributed by atoms with E-state index >= 15 is 0 Å². The second-order valence-corrected chi connectivity index (χ2v) is 9.08. The summed E-state index contributed by atoms with van der Waals surface area (Å²) in [5.41, 5.74) is 0. The molecule has 10 heteroatoms. The zero-order valence-corrected chi connectivity index (χ0v) is 17.0. The zero-order chi connectivity index (χ0) is 20.1. The minimum Gasteiger partial charge on any atom is -0.353 e. The molecule has 0 spiro atoms. The van der Waals surface area contributed by atoms with Gasteiger partial charge in [0.05, 0.1) is 6.26 Å². The Kier molecular flexibility index (Phi) is 6.50. The maximum atomic E-state index is 12.4.